The zero-order chi connectivity index (χ0) is 18.9. The Morgan fingerprint density at radius 3 is 2.46 bits per heavy atom. The number of fused-ring (bicyclic) bond motifs is 1. The molecule has 0 aromatic heterocycles. The van der Waals surface area contributed by atoms with Gasteiger partial charge in [0.2, 0.25) is 5.79 Å². The molecule has 0 saturated heterocycles. The van der Waals surface area contributed by atoms with Gasteiger partial charge in [-0.15, -0.1) is 0 Å². The molecule has 0 saturated carbocycles. The molecule has 3 nitrogen and oxygen atoms in total. The van der Waals surface area contributed by atoms with Crippen LogP contribution < -0.4 is 0 Å². The highest BCUT2D eigenvalue weighted by Gasteiger charge is 2.43. The number of hydrogen-bond donors (Lipinski definition) is 0. The highest BCUT2D eigenvalue weighted by atomic mass is 19.1. The van der Waals surface area contributed by atoms with Crippen LogP contribution in [0.4, 0.5) is 4.39 Å². The fourth-order valence-corrected chi connectivity index (χ4v) is 3.36. The lowest BCUT2D eigenvalue weighted by Crippen LogP contribution is -2.42. The molecule has 1 heterocycles. The van der Waals surface area contributed by atoms with Crippen molar-refractivity contribution < 1.29 is 18.6 Å². The summed E-state index contributed by atoms with van der Waals surface area (Å²) in [6.45, 7) is 7.42. The quantitative estimate of drug-likeness (QED) is 0.724. The summed E-state index contributed by atoms with van der Waals surface area (Å²) in [6.07, 6.45) is 0.642. The highest BCUT2D eigenvalue weighted by molar-refractivity contribution is 5.83. The summed E-state index contributed by atoms with van der Waals surface area (Å²) < 4.78 is 32.1. The fraction of sp³-hybridized carbons (Fsp3) is 0.455. The van der Waals surface area contributed by atoms with Gasteiger partial charge >= 0.3 is 0 Å². The Balaban J connectivity index is 2.04. The number of ether oxygens (including phenoxy) is 3. The maximum Gasteiger partial charge on any atom is 0.239 e. The minimum absolute atomic E-state index is 0.250. The average molecular weight is 358 g/mol. The standard InChI is InChI=1S/C22H27FO3/c1-15(23)20-13-19(25-21(2,3)4)14-22(24-5,26-20)18-11-10-16-8-6-7-9-17(16)12-18/h6-13,15,19H,14H2,1-5H3/t15?,19-,22+/m0/s1. The maximum atomic E-state index is 14.1. The number of benzene rings is 2. The van der Waals surface area contributed by atoms with E-state index in [1.807, 2.05) is 57.2 Å². The van der Waals surface area contributed by atoms with Crippen LogP contribution in [0.2, 0.25) is 0 Å². The summed E-state index contributed by atoms with van der Waals surface area (Å²) in [5, 5.41) is 2.22. The number of allylic oxidation sites excluding steroid dienone is 1. The Kier molecular flexibility index (Phi) is 5.09. The first-order chi connectivity index (χ1) is 12.2. The van der Waals surface area contributed by atoms with Crippen molar-refractivity contribution in [3.63, 3.8) is 0 Å². The topological polar surface area (TPSA) is 27.7 Å². The Bertz CT molecular complexity index is 806. The van der Waals surface area contributed by atoms with Crippen molar-refractivity contribution in [3.05, 3.63) is 59.9 Å². The van der Waals surface area contributed by atoms with Gasteiger partial charge in [-0.2, -0.15) is 0 Å². The first kappa shape index (κ1) is 18.9. The molecule has 3 atom stereocenters. The van der Waals surface area contributed by atoms with Crippen molar-refractivity contribution in [2.45, 2.75) is 57.8 Å². The molecule has 3 rings (SSSR count). The third-order valence-electron chi connectivity index (χ3n) is 4.52. The minimum atomic E-state index is -1.24. The van der Waals surface area contributed by atoms with Crippen molar-refractivity contribution in [1.29, 1.82) is 0 Å². The molecule has 26 heavy (non-hydrogen) atoms. The van der Waals surface area contributed by atoms with Gasteiger partial charge in [0.25, 0.3) is 0 Å². The van der Waals surface area contributed by atoms with Crippen molar-refractivity contribution in [1.82, 2.24) is 0 Å². The molecule has 1 aliphatic heterocycles. The predicted octanol–water partition coefficient (Wildman–Crippen LogP) is 5.48. The van der Waals surface area contributed by atoms with Crippen molar-refractivity contribution >= 4 is 10.8 Å². The zero-order valence-electron chi connectivity index (χ0n) is 16.1. The number of alkyl halides is 1. The van der Waals surface area contributed by atoms with E-state index in [1.165, 1.54) is 6.92 Å². The van der Waals surface area contributed by atoms with Gasteiger partial charge in [-0.05, 0) is 50.6 Å². The summed E-state index contributed by atoms with van der Waals surface area (Å²) in [5.41, 5.74) is 0.499. The SMILES string of the molecule is CO[C@]1(c2ccc3ccccc3c2)C[C@@H](OC(C)(C)C)C=C(C(C)F)O1. The number of hydrogen-bond acceptors (Lipinski definition) is 3. The molecule has 4 heteroatoms. The second-order valence-corrected chi connectivity index (χ2v) is 7.78. The Labute approximate surface area is 154 Å². The molecular formula is C22H27FO3. The van der Waals surface area contributed by atoms with Gasteiger partial charge in [0, 0.05) is 19.1 Å². The molecular weight excluding hydrogens is 331 g/mol. The van der Waals surface area contributed by atoms with E-state index in [0.717, 1.165) is 16.3 Å². The van der Waals surface area contributed by atoms with Gasteiger partial charge in [0.15, 0.2) is 6.17 Å². The molecule has 0 fully saturated rings. The maximum absolute atomic E-state index is 14.1. The largest absolute Gasteiger partial charge is 0.459 e. The Morgan fingerprint density at radius 2 is 1.85 bits per heavy atom. The van der Waals surface area contributed by atoms with E-state index in [-0.39, 0.29) is 17.5 Å². The monoisotopic (exact) mass is 358 g/mol. The Morgan fingerprint density at radius 1 is 1.15 bits per heavy atom. The zero-order valence-corrected chi connectivity index (χ0v) is 16.1. The van der Waals surface area contributed by atoms with Crippen molar-refractivity contribution in [2.24, 2.45) is 0 Å². The summed E-state index contributed by atoms with van der Waals surface area (Å²) in [5.74, 6) is -0.829. The van der Waals surface area contributed by atoms with Gasteiger partial charge in [-0.1, -0.05) is 36.4 Å². The third kappa shape index (κ3) is 3.92. The first-order valence-corrected chi connectivity index (χ1v) is 8.99. The van der Waals surface area contributed by atoms with Crippen LogP contribution in [-0.2, 0) is 20.0 Å². The van der Waals surface area contributed by atoms with Gasteiger partial charge < -0.3 is 14.2 Å². The van der Waals surface area contributed by atoms with Crippen LogP contribution in [0.1, 0.15) is 39.7 Å². The van der Waals surface area contributed by atoms with E-state index in [2.05, 4.69) is 6.07 Å². The predicted molar refractivity (Wildman–Crippen MR) is 102 cm³/mol. The number of methoxy groups -OCH3 is 1. The minimum Gasteiger partial charge on any atom is -0.459 e. The van der Waals surface area contributed by atoms with Crippen LogP contribution in [0.3, 0.4) is 0 Å². The van der Waals surface area contributed by atoms with Crippen LogP contribution >= 0.6 is 0 Å². The van der Waals surface area contributed by atoms with Gasteiger partial charge in [-0.3, -0.25) is 0 Å². The van der Waals surface area contributed by atoms with Crippen LogP contribution in [-0.4, -0.2) is 25.0 Å². The smallest absolute Gasteiger partial charge is 0.239 e. The second kappa shape index (κ2) is 7.01. The lowest BCUT2D eigenvalue weighted by Gasteiger charge is -2.41. The average Bonchev–Trinajstić information content (AvgIpc) is 2.59. The van der Waals surface area contributed by atoms with Crippen LogP contribution in [0.5, 0.6) is 0 Å². The van der Waals surface area contributed by atoms with Crippen LogP contribution in [0, 0.1) is 0 Å². The van der Waals surface area contributed by atoms with E-state index >= 15 is 0 Å². The molecule has 0 bridgehead atoms. The van der Waals surface area contributed by atoms with Gasteiger partial charge in [0.1, 0.15) is 5.76 Å². The number of rotatable bonds is 4. The summed E-state index contributed by atoms with van der Waals surface area (Å²) >= 11 is 0. The van der Waals surface area contributed by atoms with Crippen molar-refractivity contribution in [2.75, 3.05) is 7.11 Å². The van der Waals surface area contributed by atoms with E-state index < -0.39 is 12.0 Å². The third-order valence-corrected chi connectivity index (χ3v) is 4.52. The molecule has 0 radical (unpaired) electrons. The molecule has 0 spiro atoms. The highest BCUT2D eigenvalue weighted by Crippen LogP contribution is 2.41. The lowest BCUT2D eigenvalue weighted by molar-refractivity contribution is -0.245. The van der Waals surface area contributed by atoms with E-state index in [0.29, 0.717) is 6.42 Å². The summed E-state index contributed by atoms with van der Waals surface area (Å²) in [7, 11) is 1.59. The molecule has 2 aromatic rings. The van der Waals surface area contributed by atoms with Crippen LogP contribution in [0.15, 0.2) is 54.3 Å². The fourth-order valence-electron chi connectivity index (χ4n) is 3.36. The molecule has 1 unspecified atom stereocenters. The van der Waals surface area contributed by atoms with Gasteiger partial charge in [0.05, 0.1) is 11.7 Å². The van der Waals surface area contributed by atoms with Crippen molar-refractivity contribution in [3.8, 4) is 0 Å². The molecule has 0 amide bonds. The summed E-state index contributed by atoms with van der Waals surface area (Å²) in [4.78, 5) is 0. The first-order valence-electron chi connectivity index (χ1n) is 8.99. The molecule has 1 aliphatic rings. The Hall–Kier alpha value is -1.91. The molecule has 0 aliphatic carbocycles. The summed E-state index contributed by atoms with van der Waals surface area (Å²) in [6, 6.07) is 14.2. The second-order valence-electron chi connectivity index (χ2n) is 7.78. The molecule has 140 valence electrons. The lowest BCUT2D eigenvalue weighted by atomic mass is 9.93. The number of halogens is 1. The van der Waals surface area contributed by atoms with E-state index in [9.17, 15) is 4.39 Å². The normalized spacial score (nSPS) is 24.8. The molecule has 2 aromatic carbocycles. The van der Waals surface area contributed by atoms with Gasteiger partial charge in [-0.25, -0.2) is 4.39 Å². The van der Waals surface area contributed by atoms with E-state index in [1.54, 1.807) is 13.2 Å². The molecule has 0 N–H and O–H groups in total. The van der Waals surface area contributed by atoms with Crippen LogP contribution in [0.25, 0.3) is 10.8 Å². The van der Waals surface area contributed by atoms with E-state index in [4.69, 9.17) is 14.2 Å².